The molecule has 9 aromatic rings. The molecule has 0 aliphatic heterocycles. The van der Waals surface area contributed by atoms with Crippen molar-refractivity contribution in [2.75, 3.05) is 0 Å². The maximum absolute atomic E-state index is 11.4. The van der Waals surface area contributed by atoms with Crippen LogP contribution in [-0.2, 0) is 21.1 Å². The number of hydrogen-bond acceptors (Lipinski definition) is 3. The Morgan fingerprint density at radius 3 is 1.88 bits per heavy atom. The van der Waals surface area contributed by atoms with Crippen molar-refractivity contribution in [1.29, 1.82) is 0 Å². The third-order valence-electron chi connectivity index (χ3n) is 10.9. The molecular weight excluding hydrogens is 914 g/mol. The van der Waals surface area contributed by atoms with Crippen molar-refractivity contribution in [3.8, 4) is 78.6 Å². The number of pyridine rings is 1. The van der Waals surface area contributed by atoms with Crippen LogP contribution in [0.5, 0.6) is 5.75 Å². The van der Waals surface area contributed by atoms with Crippen LogP contribution < -0.4 is 0 Å². The van der Waals surface area contributed by atoms with E-state index in [1.807, 2.05) is 102 Å². The summed E-state index contributed by atoms with van der Waals surface area (Å²) in [4.78, 5) is 10.1. The monoisotopic (exact) mass is 964 g/mol. The number of fused-ring (bicyclic) bond motifs is 1. The summed E-state index contributed by atoms with van der Waals surface area (Å²) < 4.78 is 46.3. The van der Waals surface area contributed by atoms with Gasteiger partial charge in [0.15, 0.2) is 0 Å². The number of imidazole rings is 1. The molecule has 0 saturated heterocycles. The predicted molar refractivity (Wildman–Crippen MR) is 245 cm³/mol. The fraction of sp³-hybridized carbons (Fsp3) is 0.127. The molecule has 0 saturated carbocycles. The van der Waals surface area contributed by atoms with Crippen molar-refractivity contribution in [2.24, 2.45) is 0 Å². The van der Waals surface area contributed by atoms with Gasteiger partial charge in [0.2, 0.25) is 0 Å². The van der Waals surface area contributed by atoms with Gasteiger partial charge in [-0.25, -0.2) is 4.98 Å². The van der Waals surface area contributed by atoms with E-state index in [1.54, 1.807) is 58.0 Å². The van der Waals surface area contributed by atoms with E-state index < -0.39 is 18.6 Å². The molecule has 1 N–H and O–H groups in total. The van der Waals surface area contributed by atoms with Gasteiger partial charge in [0.05, 0.1) is 22.3 Å². The number of aromatic nitrogens is 3. The molecule has 0 unspecified atom stereocenters. The number of aryl methyl sites for hydroxylation is 1. The number of nitrogens with zero attached hydrogens (tertiary/aromatic N) is 3. The number of aromatic hydroxyl groups is 1. The molecule has 0 atom stereocenters. The van der Waals surface area contributed by atoms with Crippen molar-refractivity contribution < 1.29 is 33.0 Å². The van der Waals surface area contributed by atoms with Crippen LogP contribution >= 0.6 is 0 Å². The molecule has 60 heavy (non-hydrogen) atoms. The van der Waals surface area contributed by atoms with E-state index in [9.17, 15) is 5.11 Å². The fourth-order valence-electron chi connectivity index (χ4n) is 7.72. The Morgan fingerprint density at radius 1 is 0.583 bits per heavy atom. The average molecular weight is 965 g/mol. The standard InChI is InChI=1S/C55H46N3O.Pt/c1-35(2)42-28-43(36(3)4)30-45(29-42)40-23-24-51(37(5)27-40)58-52-21-14-20-48(54(52)57-55(58)49-19-12-13-22-53(49)59)46-31-44(39-17-10-7-11-18-39)32-47(33-46)50-34-41(25-26-56-50)38-15-8-6-9-16-38;/h6-32,34-36,59H,1-5H3;/q-1;/i5D3,35D,36D;. The first-order chi connectivity index (χ1) is 30.5. The zero-order valence-corrected chi connectivity index (χ0v) is 36.0. The normalized spacial score (nSPS) is 13.1. The third kappa shape index (κ3) is 7.88. The summed E-state index contributed by atoms with van der Waals surface area (Å²) in [5.74, 6) is -1.54. The van der Waals surface area contributed by atoms with Crippen LogP contribution in [-0.4, -0.2) is 19.6 Å². The Kier molecular flexibility index (Phi) is 9.83. The molecule has 0 bridgehead atoms. The van der Waals surface area contributed by atoms with Gasteiger partial charge in [-0.1, -0.05) is 160 Å². The minimum absolute atomic E-state index is 0. The number of phenolic OH excluding ortho intramolecular Hbond substituents is 1. The van der Waals surface area contributed by atoms with Crippen molar-refractivity contribution in [1.82, 2.24) is 14.5 Å². The molecule has 298 valence electrons. The Morgan fingerprint density at radius 2 is 1.20 bits per heavy atom. The Balaban J connectivity index is 0.00000576. The number of para-hydroxylation sites is 2. The topological polar surface area (TPSA) is 50.9 Å². The smallest absolute Gasteiger partial charge is 0.148 e. The molecule has 0 fully saturated rings. The molecule has 4 nitrogen and oxygen atoms in total. The van der Waals surface area contributed by atoms with Crippen LogP contribution in [0.15, 0.2) is 170 Å². The first-order valence-electron chi connectivity index (χ1n) is 22.3. The van der Waals surface area contributed by atoms with E-state index in [0.29, 0.717) is 33.7 Å². The Hall–Kier alpha value is -6.35. The summed E-state index contributed by atoms with van der Waals surface area (Å²) in [6.45, 7) is 4.64. The molecule has 2 aromatic heterocycles. The SMILES string of the molecule is [2H]C([2H])([2H])c1cc(-c2cc(C([2H])(C)C)cc(C([2H])(C)C)c2)ccc1-n1c(-c2ccccc2O)nc2c(-c3[c-]c(-c4cc(-c5ccccc5)ccn4)cc(-c4ccccc4)c3)cccc21.[Pt]. The van der Waals surface area contributed by atoms with Crippen LogP contribution in [0.3, 0.4) is 0 Å². The Bertz CT molecular complexity index is 3160. The summed E-state index contributed by atoms with van der Waals surface area (Å²) in [6, 6.07) is 56.1. The summed E-state index contributed by atoms with van der Waals surface area (Å²) in [5, 5.41) is 11.4. The van der Waals surface area contributed by atoms with Gasteiger partial charge in [0.1, 0.15) is 11.6 Å². The molecule has 0 aliphatic carbocycles. The molecule has 0 radical (unpaired) electrons. The molecule has 2 heterocycles. The summed E-state index contributed by atoms with van der Waals surface area (Å²) in [7, 11) is 0. The summed E-state index contributed by atoms with van der Waals surface area (Å²) in [5.41, 5.74) is 12.1. The van der Waals surface area contributed by atoms with E-state index in [1.165, 1.54) is 0 Å². The predicted octanol–water partition coefficient (Wildman–Crippen LogP) is 14.5. The zero-order valence-electron chi connectivity index (χ0n) is 38.8. The van der Waals surface area contributed by atoms with Gasteiger partial charge in [0, 0.05) is 39.8 Å². The second-order valence-corrected chi connectivity index (χ2v) is 15.4. The summed E-state index contributed by atoms with van der Waals surface area (Å²) >= 11 is 0. The molecule has 0 aliphatic rings. The number of hydrogen-bond donors (Lipinski definition) is 1. The second-order valence-electron chi connectivity index (χ2n) is 15.4. The number of benzene rings is 7. The van der Waals surface area contributed by atoms with Crippen LogP contribution in [0, 0.1) is 12.9 Å². The van der Waals surface area contributed by atoms with E-state index in [-0.39, 0.29) is 32.4 Å². The van der Waals surface area contributed by atoms with Crippen molar-refractivity contribution in [2.45, 2.75) is 46.3 Å². The molecule has 9 rings (SSSR count). The van der Waals surface area contributed by atoms with Gasteiger partial charge < -0.3 is 5.11 Å². The average Bonchev–Trinajstić information content (AvgIpc) is 3.68. The van der Waals surface area contributed by atoms with Crippen molar-refractivity contribution in [3.63, 3.8) is 0 Å². The minimum atomic E-state index is -2.58. The van der Waals surface area contributed by atoms with Crippen LogP contribution in [0.25, 0.3) is 83.9 Å². The number of rotatable bonds is 9. The first kappa shape index (κ1) is 34.5. The van der Waals surface area contributed by atoms with Gasteiger partial charge in [-0.2, -0.15) is 0 Å². The number of phenols is 1. The van der Waals surface area contributed by atoms with E-state index >= 15 is 0 Å². The van der Waals surface area contributed by atoms with E-state index in [2.05, 4.69) is 48.5 Å². The van der Waals surface area contributed by atoms with Crippen molar-refractivity contribution >= 4 is 11.0 Å². The van der Waals surface area contributed by atoms with Gasteiger partial charge in [-0.05, 0) is 99.5 Å². The molecular formula is C55H46N3OPt-. The van der Waals surface area contributed by atoms with Gasteiger partial charge in [-0.15, -0.1) is 23.8 Å². The van der Waals surface area contributed by atoms with Crippen LogP contribution in [0.1, 0.15) is 63.0 Å². The molecule has 5 heteroatoms. The molecule has 7 aromatic carbocycles. The van der Waals surface area contributed by atoms with Crippen molar-refractivity contribution in [3.05, 3.63) is 193 Å². The van der Waals surface area contributed by atoms with Gasteiger partial charge >= 0.3 is 0 Å². The quantitative estimate of drug-likeness (QED) is 0.147. The fourth-order valence-corrected chi connectivity index (χ4v) is 7.72. The largest absolute Gasteiger partial charge is 0.507 e. The molecule has 0 spiro atoms. The van der Waals surface area contributed by atoms with Gasteiger partial charge in [0.25, 0.3) is 0 Å². The minimum Gasteiger partial charge on any atom is -0.507 e. The first-order valence-corrected chi connectivity index (χ1v) is 19.8. The van der Waals surface area contributed by atoms with Crippen LogP contribution in [0.4, 0.5) is 0 Å². The van der Waals surface area contributed by atoms with Gasteiger partial charge in [-0.3, -0.25) is 9.55 Å². The van der Waals surface area contributed by atoms with E-state index in [4.69, 9.17) is 16.8 Å². The zero-order chi connectivity index (χ0) is 45.0. The maximum Gasteiger partial charge on any atom is 0.148 e. The molecule has 0 amide bonds. The van der Waals surface area contributed by atoms with E-state index in [0.717, 1.165) is 61.3 Å². The maximum atomic E-state index is 11.4. The van der Waals surface area contributed by atoms with Crippen LogP contribution in [0.2, 0.25) is 0 Å². The Labute approximate surface area is 374 Å². The summed E-state index contributed by atoms with van der Waals surface area (Å²) in [6.07, 6.45) is 1.82. The third-order valence-corrected chi connectivity index (χ3v) is 10.9. The second kappa shape index (κ2) is 17.1.